The number of carbonyl (C=O) groups excluding carboxylic acids is 3. The largest absolute Gasteiger partial charge is 0.396 e. The van der Waals surface area contributed by atoms with E-state index in [4.69, 9.17) is 17.2 Å². The van der Waals surface area contributed by atoms with E-state index in [1.807, 2.05) is 91.0 Å². The van der Waals surface area contributed by atoms with Gasteiger partial charge in [0.15, 0.2) is 0 Å². The van der Waals surface area contributed by atoms with Crippen LogP contribution in [0.4, 0.5) is 0 Å². The molecule has 7 rings (SSSR count). The molecule has 3 aromatic carbocycles. The number of hydrogen-bond acceptors (Lipinski definition) is 7. The second-order valence-corrected chi connectivity index (χ2v) is 19.9. The second kappa shape index (κ2) is 19.5. The van der Waals surface area contributed by atoms with Gasteiger partial charge in [-0.2, -0.15) is 0 Å². The zero-order valence-electron chi connectivity index (χ0n) is 36.7. The number of rotatable bonds is 16. The lowest BCUT2D eigenvalue weighted by Gasteiger charge is -2.65. The van der Waals surface area contributed by atoms with Crippen LogP contribution in [-0.2, 0) is 33.6 Å². The Kier molecular flexibility index (Phi) is 14.4. The van der Waals surface area contributed by atoms with Gasteiger partial charge in [-0.15, -0.1) is 0 Å². The minimum atomic E-state index is -0.693. The molecule has 0 spiro atoms. The maximum absolute atomic E-state index is 14.3. The van der Waals surface area contributed by atoms with Gasteiger partial charge in [-0.1, -0.05) is 112 Å². The van der Waals surface area contributed by atoms with Crippen molar-refractivity contribution >= 4 is 17.7 Å². The normalized spacial score (nSPS) is 32.5. The van der Waals surface area contributed by atoms with Crippen LogP contribution in [0.2, 0.25) is 0 Å². The van der Waals surface area contributed by atoms with Crippen LogP contribution < -0.4 is 33.2 Å². The van der Waals surface area contributed by atoms with Crippen LogP contribution in [0.15, 0.2) is 91.0 Å². The van der Waals surface area contributed by atoms with E-state index in [9.17, 15) is 19.5 Å². The van der Waals surface area contributed by atoms with Gasteiger partial charge in [0.25, 0.3) is 0 Å². The molecule has 330 valence electrons. The van der Waals surface area contributed by atoms with Crippen molar-refractivity contribution in [3.8, 4) is 0 Å². The lowest BCUT2D eigenvalue weighted by molar-refractivity contribution is -0.154. The number of nitrogens with one attached hydrogen (secondary N) is 3. The molecule has 0 heterocycles. The first-order chi connectivity index (χ1) is 29.3. The Morgan fingerprint density at radius 3 is 1.70 bits per heavy atom. The third kappa shape index (κ3) is 9.78. The highest BCUT2D eigenvalue weighted by Crippen LogP contribution is 2.68. The maximum atomic E-state index is 14.3. The van der Waals surface area contributed by atoms with Crippen molar-refractivity contribution < 1.29 is 19.5 Å². The SMILES string of the molecule is C[C@H](CCCO)C1CC[C@H]2C3[C@H](NC(=O)C(N)Cc4ccccc4)CC4C[C@H](NC(=O)[C@@H](N)Cc5ccccc5)CCC4(C)[C@H]3CC(NC(=O)[C@@H](N)Cc3ccccc3)[C@]12C. The highest BCUT2D eigenvalue weighted by Gasteiger charge is 2.66. The van der Waals surface area contributed by atoms with Crippen molar-refractivity contribution in [1.29, 1.82) is 0 Å². The highest BCUT2D eigenvalue weighted by atomic mass is 16.3. The Balaban J connectivity index is 1.18. The number of amides is 3. The summed E-state index contributed by atoms with van der Waals surface area (Å²) in [5.41, 5.74) is 22.7. The third-order valence-electron chi connectivity index (χ3n) is 16.3. The van der Waals surface area contributed by atoms with Gasteiger partial charge >= 0.3 is 0 Å². The highest BCUT2D eigenvalue weighted by molar-refractivity contribution is 5.83. The van der Waals surface area contributed by atoms with Crippen molar-refractivity contribution in [3.63, 3.8) is 0 Å². The third-order valence-corrected chi connectivity index (χ3v) is 16.3. The predicted molar refractivity (Wildman–Crippen MR) is 242 cm³/mol. The minimum Gasteiger partial charge on any atom is -0.396 e. The summed E-state index contributed by atoms with van der Waals surface area (Å²) in [4.78, 5) is 42.1. The number of fused-ring (bicyclic) bond motifs is 5. The Morgan fingerprint density at radius 2 is 1.18 bits per heavy atom. The number of aliphatic hydroxyl groups excluding tert-OH is 1. The lowest BCUT2D eigenvalue weighted by Crippen LogP contribution is -2.68. The van der Waals surface area contributed by atoms with Crippen LogP contribution in [0.1, 0.15) is 95.2 Å². The Morgan fingerprint density at radius 1 is 0.672 bits per heavy atom. The summed E-state index contributed by atoms with van der Waals surface area (Å²) in [5.74, 6) is 1.16. The van der Waals surface area contributed by atoms with Crippen molar-refractivity contribution in [2.75, 3.05) is 6.61 Å². The zero-order valence-corrected chi connectivity index (χ0v) is 36.7. The first-order valence-electron chi connectivity index (χ1n) is 23.2. The monoisotopic (exact) mass is 833 g/mol. The number of carbonyl (C=O) groups is 3. The van der Waals surface area contributed by atoms with E-state index >= 15 is 0 Å². The molecule has 3 amide bonds. The van der Waals surface area contributed by atoms with Gasteiger partial charge in [0, 0.05) is 24.7 Å². The van der Waals surface area contributed by atoms with Crippen LogP contribution >= 0.6 is 0 Å². The first kappa shape index (κ1) is 44.9. The number of hydrogen-bond donors (Lipinski definition) is 7. The van der Waals surface area contributed by atoms with Crippen LogP contribution in [-0.4, -0.2) is 65.7 Å². The van der Waals surface area contributed by atoms with E-state index < -0.39 is 18.1 Å². The number of nitrogens with two attached hydrogens (primary N) is 3. The van der Waals surface area contributed by atoms with E-state index in [1.54, 1.807) is 0 Å². The molecule has 10 heteroatoms. The molecule has 10 N–H and O–H groups in total. The molecule has 0 aliphatic heterocycles. The summed E-state index contributed by atoms with van der Waals surface area (Å²) < 4.78 is 0. The fourth-order valence-electron chi connectivity index (χ4n) is 13.1. The summed E-state index contributed by atoms with van der Waals surface area (Å²) in [6.07, 6.45) is 9.27. The van der Waals surface area contributed by atoms with Gasteiger partial charge in [0.2, 0.25) is 17.7 Å². The molecule has 10 nitrogen and oxygen atoms in total. The van der Waals surface area contributed by atoms with Crippen LogP contribution in [0, 0.1) is 46.3 Å². The molecule has 0 bridgehead atoms. The van der Waals surface area contributed by atoms with Crippen LogP contribution in [0.5, 0.6) is 0 Å². The second-order valence-electron chi connectivity index (χ2n) is 19.9. The molecule has 14 atom stereocenters. The summed E-state index contributed by atoms with van der Waals surface area (Å²) >= 11 is 0. The summed E-state index contributed by atoms with van der Waals surface area (Å²) in [6, 6.07) is 27.5. The van der Waals surface area contributed by atoms with E-state index in [-0.39, 0.29) is 77.0 Å². The molecule has 61 heavy (non-hydrogen) atoms. The number of benzene rings is 3. The fourth-order valence-corrected chi connectivity index (χ4v) is 13.1. The molecule has 4 fully saturated rings. The molecule has 4 aliphatic carbocycles. The van der Waals surface area contributed by atoms with Crippen molar-refractivity contribution in [2.24, 2.45) is 63.5 Å². The molecule has 0 saturated heterocycles. The quantitative estimate of drug-likeness (QED) is 0.100. The first-order valence-corrected chi connectivity index (χ1v) is 23.2. The van der Waals surface area contributed by atoms with Gasteiger partial charge < -0.3 is 38.3 Å². The average Bonchev–Trinajstić information content (AvgIpc) is 3.62. The number of aliphatic hydroxyl groups is 1. The van der Waals surface area contributed by atoms with Gasteiger partial charge in [0.1, 0.15) is 0 Å². The molecule has 4 saturated carbocycles. The maximum Gasteiger partial charge on any atom is 0.237 e. The summed E-state index contributed by atoms with van der Waals surface area (Å²) in [6.45, 7) is 7.34. The van der Waals surface area contributed by atoms with E-state index in [1.165, 1.54) is 0 Å². The average molecular weight is 833 g/mol. The molecule has 6 unspecified atom stereocenters. The Labute approximate surface area is 364 Å². The summed E-state index contributed by atoms with van der Waals surface area (Å²) in [5, 5.41) is 20.4. The van der Waals surface area contributed by atoms with E-state index in [0.717, 1.165) is 74.5 Å². The minimum absolute atomic E-state index is 0.0239. The molecular weight excluding hydrogens is 761 g/mol. The Hall–Kier alpha value is -4.09. The molecule has 0 radical (unpaired) electrons. The van der Waals surface area contributed by atoms with Gasteiger partial charge in [0.05, 0.1) is 18.1 Å². The summed E-state index contributed by atoms with van der Waals surface area (Å²) in [7, 11) is 0. The van der Waals surface area contributed by atoms with Crippen LogP contribution in [0.3, 0.4) is 0 Å². The topological polar surface area (TPSA) is 186 Å². The van der Waals surface area contributed by atoms with Crippen molar-refractivity contribution in [1.82, 2.24) is 16.0 Å². The van der Waals surface area contributed by atoms with Crippen molar-refractivity contribution in [2.45, 2.75) is 134 Å². The standard InChI is InChI=1S/C51H72N6O4/c1-32(14-13-25-58)38-21-22-39-46-40(31-45(51(38,39)3)57-49(61)43(54)28-35-19-11-6-12-20-35)50(2)24-23-37(55-47(59)41(52)26-33-15-7-4-8-16-33)29-36(50)30-44(46)56-48(60)42(53)27-34-17-9-5-10-18-34/h4-12,15-20,32,36-46,58H,13-14,21-31,52-54H2,1-3H3,(H,55,59)(H,56,60)(H,57,61)/t32-,36?,37-,38?,39+,40+,41+,42?,43+,44-,45?,46?,50?,51-/m1/s1. The Bertz CT molecular complexity index is 1920. The van der Waals surface area contributed by atoms with Crippen LogP contribution in [0.25, 0.3) is 0 Å². The smallest absolute Gasteiger partial charge is 0.237 e. The molecule has 3 aromatic rings. The van der Waals surface area contributed by atoms with Gasteiger partial charge in [-0.3, -0.25) is 14.4 Å². The van der Waals surface area contributed by atoms with Crippen molar-refractivity contribution in [3.05, 3.63) is 108 Å². The van der Waals surface area contributed by atoms with Gasteiger partial charge in [-0.05, 0) is 140 Å². The molecule has 4 aliphatic rings. The van der Waals surface area contributed by atoms with E-state index in [2.05, 4.69) is 36.7 Å². The predicted octanol–water partition coefficient (Wildman–Crippen LogP) is 5.44. The molecule has 0 aromatic heterocycles. The zero-order chi connectivity index (χ0) is 43.3. The van der Waals surface area contributed by atoms with Gasteiger partial charge in [-0.25, -0.2) is 0 Å². The fraction of sp³-hybridized carbons (Fsp3) is 0.588. The lowest BCUT2D eigenvalue weighted by atomic mass is 9.42. The molecular formula is C51H72N6O4. The van der Waals surface area contributed by atoms with E-state index in [0.29, 0.717) is 31.1 Å².